The molecule has 110 valence electrons. The van der Waals surface area contributed by atoms with Gasteiger partial charge in [0.1, 0.15) is 0 Å². The molecule has 0 saturated heterocycles. The van der Waals surface area contributed by atoms with Crippen LogP contribution in [0.5, 0.6) is 0 Å². The third kappa shape index (κ3) is 4.85. The Morgan fingerprint density at radius 1 is 1.45 bits per heavy atom. The number of aliphatic hydroxyl groups excluding tert-OH is 1. The summed E-state index contributed by atoms with van der Waals surface area (Å²) in [6.07, 6.45) is 2.90. The van der Waals surface area contributed by atoms with Gasteiger partial charge in [-0.2, -0.15) is 0 Å². The lowest BCUT2D eigenvalue weighted by Gasteiger charge is -2.17. The molecule has 1 unspecified atom stereocenters. The molecule has 20 heavy (non-hydrogen) atoms. The van der Waals surface area contributed by atoms with E-state index in [-0.39, 0.29) is 18.6 Å². The van der Waals surface area contributed by atoms with Gasteiger partial charge in [0.25, 0.3) is 0 Å². The average molecular weight is 334 g/mol. The highest BCUT2D eigenvalue weighted by Crippen LogP contribution is 2.34. The summed E-state index contributed by atoms with van der Waals surface area (Å²) in [5.41, 5.74) is 0. The maximum absolute atomic E-state index is 11.9. The minimum atomic E-state index is -0.0311. The van der Waals surface area contributed by atoms with E-state index in [1.807, 2.05) is 0 Å². The van der Waals surface area contributed by atoms with Gasteiger partial charge in [-0.3, -0.25) is 4.79 Å². The van der Waals surface area contributed by atoms with Crippen LogP contribution in [0.2, 0.25) is 10.0 Å². The number of halogens is 2. The van der Waals surface area contributed by atoms with Crippen LogP contribution in [-0.4, -0.2) is 29.4 Å². The first-order valence-electron chi connectivity index (χ1n) is 6.58. The molecule has 1 aliphatic rings. The topological polar surface area (TPSA) is 49.3 Å². The van der Waals surface area contributed by atoms with Crippen LogP contribution < -0.4 is 5.32 Å². The van der Waals surface area contributed by atoms with Crippen LogP contribution in [0.25, 0.3) is 0 Å². The number of rotatable bonds is 7. The third-order valence-electron chi connectivity index (χ3n) is 3.23. The van der Waals surface area contributed by atoms with Crippen LogP contribution >= 0.6 is 35.0 Å². The van der Waals surface area contributed by atoms with Crippen LogP contribution in [0.3, 0.4) is 0 Å². The molecule has 0 bridgehead atoms. The molecule has 0 heterocycles. The van der Waals surface area contributed by atoms with Crippen molar-refractivity contribution in [3.8, 4) is 0 Å². The van der Waals surface area contributed by atoms with Gasteiger partial charge in [0, 0.05) is 22.6 Å². The average Bonchev–Trinajstić information content (AvgIpc) is 3.24. The highest BCUT2D eigenvalue weighted by atomic mass is 35.5. The van der Waals surface area contributed by atoms with Gasteiger partial charge in [-0.25, -0.2) is 0 Å². The first-order valence-corrected chi connectivity index (χ1v) is 8.32. The van der Waals surface area contributed by atoms with E-state index in [0.29, 0.717) is 28.1 Å². The molecular formula is C14H17Cl2NO2S. The number of thioether (sulfide) groups is 1. The molecule has 6 heteroatoms. The van der Waals surface area contributed by atoms with Crippen molar-refractivity contribution in [2.24, 2.45) is 5.92 Å². The zero-order valence-corrected chi connectivity index (χ0v) is 13.3. The van der Waals surface area contributed by atoms with Crippen molar-refractivity contribution in [3.63, 3.8) is 0 Å². The molecule has 0 spiro atoms. The number of aliphatic hydroxyl groups is 1. The van der Waals surface area contributed by atoms with Gasteiger partial charge < -0.3 is 10.4 Å². The highest BCUT2D eigenvalue weighted by Gasteiger charge is 2.31. The summed E-state index contributed by atoms with van der Waals surface area (Å²) in [5.74, 6) is 0.802. The van der Waals surface area contributed by atoms with E-state index >= 15 is 0 Å². The van der Waals surface area contributed by atoms with E-state index in [0.717, 1.165) is 17.7 Å². The largest absolute Gasteiger partial charge is 0.396 e. The van der Waals surface area contributed by atoms with E-state index in [4.69, 9.17) is 28.3 Å². The zero-order chi connectivity index (χ0) is 14.5. The van der Waals surface area contributed by atoms with Crippen molar-refractivity contribution in [1.82, 2.24) is 5.32 Å². The number of benzene rings is 1. The molecular weight excluding hydrogens is 317 g/mol. The van der Waals surface area contributed by atoms with Crippen molar-refractivity contribution < 1.29 is 9.90 Å². The summed E-state index contributed by atoms with van der Waals surface area (Å²) in [6, 6.07) is 5.30. The second-order valence-corrected chi connectivity index (χ2v) is 6.75. The summed E-state index contributed by atoms with van der Waals surface area (Å²) < 4.78 is 0. The predicted octanol–water partition coefficient (Wildman–Crippen LogP) is 3.36. The first-order chi connectivity index (χ1) is 9.60. The smallest absolute Gasteiger partial charge is 0.230 e. The second-order valence-electron chi connectivity index (χ2n) is 4.89. The van der Waals surface area contributed by atoms with Crippen LogP contribution in [0.4, 0.5) is 0 Å². The Bertz CT molecular complexity index is 480. The van der Waals surface area contributed by atoms with E-state index in [1.165, 1.54) is 11.8 Å². The van der Waals surface area contributed by atoms with Gasteiger partial charge in [-0.05, 0) is 43.4 Å². The number of carbonyl (C=O) groups excluding carboxylic acids is 1. The van der Waals surface area contributed by atoms with Crippen LogP contribution in [0.1, 0.15) is 19.3 Å². The van der Waals surface area contributed by atoms with Crippen LogP contribution in [0, 0.1) is 5.92 Å². The number of nitrogens with one attached hydrogen (secondary N) is 1. The van der Waals surface area contributed by atoms with Crippen LogP contribution in [0.15, 0.2) is 23.1 Å². The minimum absolute atomic E-state index is 0.0311. The van der Waals surface area contributed by atoms with Gasteiger partial charge >= 0.3 is 0 Å². The SMILES string of the molecule is O=C(CSc1cc(Cl)ccc1Cl)NC(CCO)C1CC1. The fourth-order valence-electron chi connectivity index (χ4n) is 2.04. The molecule has 3 nitrogen and oxygen atoms in total. The molecule has 1 fully saturated rings. The van der Waals surface area contributed by atoms with Gasteiger partial charge in [0.15, 0.2) is 0 Å². The molecule has 0 radical (unpaired) electrons. The molecule has 1 atom stereocenters. The Labute approximate surface area is 133 Å². The third-order valence-corrected chi connectivity index (χ3v) is 4.96. The molecule has 2 N–H and O–H groups in total. The maximum atomic E-state index is 11.9. The second kappa shape index (κ2) is 7.55. The quantitative estimate of drug-likeness (QED) is 0.752. The molecule has 1 amide bonds. The van der Waals surface area contributed by atoms with Gasteiger partial charge in [-0.1, -0.05) is 23.2 Å². The molecule has 1 aromatic rings. The van der Waals surface area contributed by atoms with Gasteiger partial charge in [0.05, 0.1) is 10.8 Å². The maximum Gasteiger partial charge on any atom is 0.230 e. The zero-order valence-electron chi connectivity index (χ0n) is 10.9. The molecule has 2 rings (SSSR count). The van der Waals surface area contributed by atoms with E-state index in [9.17, 15) is 4.79 Å². The monoisotopic (exact) mass is 333 g/mol. The van der Waals surface area contributed by atoms with Gasteiger partial charge in [0.2, 0.25) is 5.91 Å². The van der Waals surface area contributed by atoms with E-state index < -0.39 is 0 Å². The summed E-state index contributed by atoms with van der Waals surface area (Å²) in [5, 5.41) is 13.2. The molecule has 0 aromatic heterocycles. The molecule has 0 aliphatic heterocycles. The number of carbonyl (C=O) groups is 1. The summed E-state index contributed by atoms with van der Waals surface area (Å²) >= 11 is 13.3. The lowest BCUT2D eigenvalue weighted by molar-refractivity contribution is -0.119. The Balaban J connectivity index is 1.83. The summed E-state index contributed by atoms with van der Waals surface area (Å²) in [7, 11) is 0. The standard InChI is InChI=1S/C14H17Cl2NO2S/c15-10-3-4-11(16)13(7-10)20-8-14(19)17-12(5-6-18)9-1-2-9/h3-4,7,9,12,18H,1-2,5-6,8H2,(H,17,19). The van der Waals surface area contributed by atoms with Crippen LogP contribution in [-0.2, 0) is 4.79 Å². The van der Waals surface area contributed by atoms with Crippen molar-refractivity contribution in [2.75, 3.05) is 12.4 Å². The van der Waals surface area contributed by atoms with Crippen molar-refractivity contribution >= 4 is 40.9 Å². The lowest BCUT2D eigenvalue weighted by Crippen LogP contribution is -2.38. The normalized spacial score (nSPS) is 15.9. The minimum Gasteiger partial charge on any atom is -0.396 e. The molecule has 1 saturated carbocycles. The summed E-state index contributed by atoms with van der Waals surface area (Å²) in [6.45, 7) is 0.106. The first kappa shape index (κ1) is 16.0. The fraction of sp³-hybridized carbons (Fsp3) is 0.500. The Morgan fingerprint density at radius 2 is 2.20 bits per heavy atom. The fourth-order valence-corrected chi connectivity index (χ4v) is 3.35. The molecule has 1 aliphatic carbocycles. The summed E-state index contributed by atoms with van der Waals surface area (Å²) in [4.78, 5) is 12.7. The van der Waals surface area contributed by atoms with E-state index in [1.54, 1.807) is 18.2 Å². The van der Waals surface area contributed by atoms with Crippen molar-refractivity contribution in [2.45, 2.75) is 30.2 Å². The highest BCUT2D eigenvalue weighted by molar-refractivity contribution is 8.00. The van der Waals surface area contributed by atoms with Crippen molar-refractivity contribution in [1.29, 1.82) is 0 Å². The number of hydrogen-bond acceptors (Lipinski definition) is 3. The number of amides is 1. The van der Waals surface area contributed by atoms with Gasteiger partial charge in [-0.15, -0.1) is 11.8 Å². The Morgan fingerprint density at radius 3 is 2.85 bits per heavy atom. The number of hydrogen-bond donors (Lipinski definition) is 2. The predicted molar refractivity (Wildman–Crippen MR) is 83.5 cm³/mol. The molecule has 1 aromatic carbocycles. The van der Waals surface area contributed by atoms with E-state index in [2.05, 4.69) is 5.32 Å². The Hall–Kier alpha value is -0.420. The Kier molecular flexibility index (Phi) is 6.02. The van der Waals surface area contributed by atoms with Crippen molar-refractivity contribution in [3.05, 3.63) is 28.2 Å². The lowest BCUT2D eigenvalue weighted by atomic mass is 10.1.